The van der Waals surface area contributed by atoms with Crippen LogP contribution in [0.4, 0.5) is 9.52 Å². The molecular weight excluding hydrogens is 401 g/mol. The molecule has 0 bridgehead atoms. The van der Waals surface area contributed by atoms with Crippen LogP contribution in [0.15, 0.2) is 36.4 Å². The Hall–Kier alpha value is -2.22. The minimum absolute atomic E-state index is 0.109. The van der Waals surface area contributed by atoms with Crippen LogP contribution in [-0.2, 0) is 11.2 Å². The van der Waals surface area contributed by atoms with Crippen molar-refractivity contribution in [2.45, 2.75) is 6.42 Å². The van der Waals surface area contributed by atoms with Crippen LogP contribution in [0.2, 0.25) is 5.02 Å². The normalized spacial score (nSPS) is 11.2. The summed E-state index contributed by atoms with van der Waals surface area (Å²) in [4.78, 5) is 21.3. The van der Waals surface area contributed by atoms with Gasteiger partial charge in [0.05, 0.1) is 23.3 Å². The maximum atomic E-state index is 13.2. The summed E-state index contributed by atoms with van der Waals surface area (Å²) < 4.78 is 19.3. The monoisotopic (exact) mass is 421 g/mol. The first-order valence-corrected chi connectivity index (χ1v) is 9.91. The van der Waals surface area contributed by atoms with Gasteiger partial charge in [0.1, 0.15) is 17.1 Å². The van der Waals surface area contributed by atoms with Gasteiger partial charge in [-0.3, -0.25) is 9.69 Å². The molecule has 3 rings (SSSR count). The predicted octanol–water partition coefficient (Wildman–Crippen LogP) is 4.23. The smallest absolute Gasteiger partial charge is 0.233 e. The van der Waals surface area contributed by atoms with Crippen LogP contribution in [0.5, 0.6) is 5.75 Å². The molecule has 0 fully saturated rings. The largest absolute Gasteiger partial charge is 0.494 e. The number of anilines is 1. The van der Waals surface area contributed by atoms with Gasteiger partial charge in [-0.15, -0.1) is 0 Å². The van der Waals surface area contributed by atoms with Crippen LogP contribution in [0.25, 0.3) is 10.2 Å². The molecule has 8 heteroatoms. The first-order valence-electron chi connectivity index (χ1n) is 8.71. The van der Waals surface area contributed by atoms with E-state index in [1.165, 1.54) is 23.5 Å². The Kier molecular flexibility index (Phi) is 6.49. The highest BCUT2D eigenvalue weighted by Crippen LogP contribution is 2.38. The molecule has 148 valence electrons. The van der Waals surface area contributed by atoms with Crippen LogP contribution in [0, 0.1) is 5.82 Å². The number of amides is 1. The van der Waals surface area contributed by atoms with Crippen molar-refractivity contribution < 1.29 is 13.9 Å². The average molecular weight is 422 g/mol. The molecule has 1 aromatic heterocycles. The Balaban J connectivity index is 1.95. The van der Waals surface area contributed by atoms with E-state index >= 15 is 0 Å². The Morgan fingerprint density at radius 1 is 1.18 bits per heavy atom. The van der Waals surface area contributed by atoms with E-state index in [2.05, 4.69) is 4.98 Å². The fourth-order valence-corrected chi connectivity index (χ4v) is 4.02. The van der Waals surface area contributed by atoms with Gasteiger partial charge in [-0.25, -0.2) is 9.37 Å². The van der Waals surface area contributed by atoms with E-state index in [1.54, 1.807) is 36.3 Å². The maximum absolute atomic E-state index is 13.2. The number of nitrogens with zero attached hydrogens (tertiary/aromatic N) is 3. The summed E-state index contributed by atoms with van der Waals surface area (Å²) in [5.74, 6) is 0.177. The lowest BCUT2D eigenvalue weighted by Crippen LogP contribution is -2.37. The number of aromatic nitrogens is 1. The SMILES string of the molecule is COc1ccc(Cl)c2sc(N(CCN(C)C)C(=O)Cc3ccc(F)cc3)nc12. The number of methoxy groups -OCH3 is 1. The minimum Gasteiger partial charge on any atom is -0.494 e. The van der Waals surface area contributed by atoms with Crippen molar-refractivity contribution in [1.82, 2.24) is 9.88 Å². The number of rotatable bonds is 7. The highest BCUT2D eigenvalue weighted by atomic mass is 35.5. The zero-order chi connectivity index (χ0) is 20.3. The van der Waals surface area contributed by atoms with E-state index in [0.717, 1.165) is 10.3 Å². The molecule has 5 nitrogen and oxygen atoms in total. The maximum Gasteiger partial charge on any atom is 0.233 e. The molecule has 0 aliphatic carbocycles. The average Bonchev–Trinajstić information content (AvgIpc) is 3.10. The third-order valence-electron chi connectivity index (χ3n) is 4.24. The first-order chi connectivity index (χ1) is 13.4. The number of hydrogen-bond donors (Lipinski definition) is 0. The molecule has 28 heavy (non-hydrogen) atoms. The standard InChI is InChI=1S/C20H21ClFN3O2S/c1-24(2)10-11-25(17(26)12-13-4-6-14(22)7-5-13)20-23-18-16(27-3)9-8-15(21)19(18)28-20/h4-9H,10-12H2,1-3H3. The van der Waals surface area contributed by atoms with Crippen molar-refractivity contribution in [1.29, 1.82) is 0 Å². The van der Waals surface area contributed by atoms with Crippen LogP contribution >= 0.6 is 22.9 Å². The van der Waals surface area contributed by atoms with E-state index in [1.807, 2.05) is 19.0 Å². The highest BCUT2D eigenvalue weighted by molar-refractivity contribution is 7.23. The minimum atomic E-state index is -0.325. The Labute approximate surface area is 172 Å². The van der Waals surface area contributed by atoms with Crippen LogP contribution in [0.3, 0.4) is 0 Å². The molecule has 0 saturated heterocycles. The van der Waals surface area contributed by atoms with E-state index in [4.69, 9.17) is 16.3 Å². The molecule has 0 saturated carbocycles. The van der Waals surface area contributed by atoms with Crippen LogP contribution in [-0.4, -0.2) is 50.1 Å². The summed E-state index contributed by atoms with van der Waals surface area (Å²) in [5.41, 5.74) is 1.39. The Bertz CT molecular complexity index is 975. The summed E-state index contributed by atoms with van der Waals surface area (Å²) in [7, 11) is 5.47. The zero-order valence-corrected chi connectivity index (χ0v) is 17.5. The molecule has 2 aromatic carbocycles. The molecule has 3 aromatic rings. The number of thiazole rings is 1. The van der Waals surface area contributed by atoms with Gasteiger partial charge < -0.3 is 9.64 Å². The molecule has 0 spiro atoms. The summed E-state index contributed by atoms with van der Waals surface area (Å²) in [6.45, 7) is 1.16. The lowest BCUT2D eigenvalue weighted by atomic mass is 10.1. The van der Waals surface area contributed by atoms with Gasteiger partial charge in [0, 0.05) is 13.1 Å². The molecular formula is C20H21ClFN3O2S. The fraction of sp³-hybridized carbons (Fsp3) is 0.300. The number of carbonyl (C=O) groups excluding carboxylic acids is 1. The van der Waals surface area contributed by atoms with Crippen molar-refractivity contribution in [3.8, 4) is 5.75 Å². The van der Waals surface area contributed by atoms with Crippen molar-refractivity contribution in [2.75, 3.05) is 39.2 Å². The second kappa shape index (κ2) is 8.86. The molecule has 0 radical (unpaired) electrons. The van der Waals surface area contributed by atoms with Crippen LogP contribution in [0.1, 0.15) is 5.56 Å². The predicted molar refractivity (Wildman–Crippen MR) is 112 cm³/mol. The van der Waals surface area contributed by atoms with Gasteiger partial charge in [-0.05, 0) is 43.9 Å². The highest BCUT2D eigenvalue weighted by Gasteiger charge is 2.22. The number of likely N-dealkylation sites (N-methyl/N-ethyl adjacent to an activating group) is 1. The third kappa shape index (κ3) is 4.60. The second-order valence-electron chi connectivity index (χ2n) is 6.58. The summed E-state index contributed by atoms with van der Waals surface area (Å²) in [6, 6.07) is 9.48. The van der Waals surface area contributed by atoms with Gasteiger partial charge in [0.25, 0.3) is 0 Å². The third-order valence-corrected chi connectivity index (χ3v) is 5.78. The topological polar surface area (TPSA) is 45.7 Å². The van der Waals surface area contributed by atoms with Crippen molar-refractivity contribution >= 4 is 44.2 Å². The molecule has 1 heterocycles. The van der Waals surface area contributed by atoms with E-state index < -0.39 is 0 Å². The van der Waals surface area contributed by atoms with Gasteiger partial charge >= 0.3 is 0 Å². The quantitative estimate of drug-likeness (QED) is 0.572. The molecule has 0 atom stereocenters. The number of hydrogen-bond acceptors (Lipinski definition) is 5. The van der Waals surface area contributed by atoms with E-state index in [9.17, 15) is 9.18 Å². The summed E-state index contributed by atoms with van der Waals surface area (Å²) in [5, 5.41) is 1.13. The van der Waals surface area contributed by atoms with E-state index in [-0.39, 0.29) is 18.1 Å². The van der Waals surface area contributed by atoms with Crippen LogP contribution < -0.4 is 9.64 Å². The number of fused-ring (bicyclic) bond motifs is 1. The lowest BCUT2D eigenvalue weighted by molar-refractivity contribution is -0.118. The van der Waals surface area contributed by atoms with Crippen molar-refractivity contribution in [3.05, 3.63) is 52.8 Å². The summed E-state index contributed by atoms with van der Waals surface area (Å²) >= 11 is 7.68. The van der Waals surface area contributed by atoms with Gasteiger partial charge in [-0.1, -0.05) is 35.1 Å². The van der Waals surface area contributed by atoms with Crippen molar-refractivity contribution in [3.63, 3.8) is 0 Å². The Morgan fingerprint density at radius 2 is 1.89 bits per heavy atom. The first kappa shape index (κ1) is 20.5. The molecule has 0 aliphatic heterocycles. The molecule has 0 N–H and O–H groups in total. The number of ether oxygens (including phenoxy) is 1. The van der Waals surface area contributed by atoms with Gasteiger partial charge in [0.15, 0.2) is 5.13 Å². The second-order valence-corrected chi connectivity index (χ2v) is 7.96. The Morgan fingerprint density at radius 3 is 2.54 bits per heavy atom. The molecule has 1 amide bonds. The van der Waals surface area contributed by atoms with Gasteiger partial charge in [-0.2, -0.15) is 0 Å². The number of carbonyl (C=O) groups is 1. The molecule has 0 aliphatic rings. The van der Waals surface area contributed by atoms with Gasteiger partial charge in [0.2, 0.25) is 5.91 Å². The lowest BCUT2D eigenvalue weighted by Gasteiger charge is -2.22. The summed E-state index contributed by atoms with van der Waals surface area (Å²) in [6.07, 6.45) is 0.161. The van der Waals surface area contributed by atoms with E-state index in [0.29, 0.717) is 34.5 Å². The zero-order valence-electron chi connectivity index (χ0n) is 15.9. The number of halogens is 2. The van der Waals surface area contributed by atoms with Crippen molar-refractivity contribution in [2.24, 2.45) is 0 Å². The number of benzene rings is 2. The fourth-order valence-electron chi connectivity index (χ4n) is 2.72. The molecule has 0 unspecified atom stereocenters.